The standard InChI is InChI=1S/C14H8F4N2O2/c15-7-2-4-11(10(18)5-7)19-13(21)14(22)20-12-6-8(16)1-3-9(12)17/h1-6H,(H,19,21)(H,20,22). The summed E-state index contributed by atoms with van der Waals surface area (Å²) in [6.45, 7) is 0. The predicted molar refractivity (Wildman–Crippen MR) is 70.0 cm³/mol. The number of halogens is 4. The van der Waals surface area contributed by atoms with Gasteiger partial charge in [0.2, 0.25) is 0 Å². The summed E-state index contributed by atoms with van der Waals surface area (Å²) in [5.41, 5.74) is -0.971. The average molecular weight is 312 g/mol. The Kier molecular flexibility index (Phi) is 4.40. The number of hydrogen-bond acceptors (Lipinski definition) is 2. The van der Waals surface area contributed by atoms with Gasteiger partial charge in [-0.3, -0.25) is 9.59 Å². The SMILES string of the molecule is O=C(Nc1ccc(F)cc1F)C(=O)Nc1cc(F)ccc1F. The van der Waals surface area contributed by atoms with Gasteiger partial charge in [0.1, 0.15) is 23.3 Å². The van der Waals surface area contributed by atoms with E-state index in [9.17, 15) is 27.2 Å². The topological polar surface area (TPSA) is 58.2 Å². The molecule has 0 spiro atoms. The Bertz CT molecular complexity index is 750. The van der Waals surface area contributed by atoms with E-state index in [0.29, 0.717) is 12.1 Å². The van der Waals surface area contributed by atoms with Crippen LogP contribution >= 0.6 is 0 Å². The van der Waals surface area contributed by atoms with Gasteiger partial charge in [0.15, 0.2) is 0 Å². The molecule has 114 valence electrons. The molecule has 2 aromatic carbocycles. The molecule has 0 radical (unpaired) electrons. The van der Waals surface area contributed by atoms with Crippen molar-refractivity contribution < 1.29 is 27.2 Å². The largest absolute Gasteiger partial charge is 0.315 e. The predicted octanol–water partition coefficient (Wildman–Crippen LogP) is 2.82. The smallest absolute Gasteiger partial charge is 0.314 e. The van der Waals surface area contributed by atoms with Crippen molar-refractivity contribution in [3.63, 3.8) is 0 Å². The maximum absolute atomic E-state index is 13.3. The van der Waals surface area contributed by atoms with Crippen LogP contribution in [0.25, 0.3) is 0 Å². The van der Waals surface area contributed by atoms with Crippen molar-refractivity contribution in [2.75, 3.05) is 10.6 Å². The van der Waals surface area contributed by atoms with Crippen molar-refractivity contribution in [2.24, 2.45) is 0 Å². The van der Waals surface area contributed by atoms with Gasteiger partial charge in [-0.15, -0.1) is 0 Å². The lowest BCUT2D eigenvalue weighted by Gasteiger charge is -2.08. The summed E-state index contributed by atoms with van der Waals surface area (Å²) in [4.78, 5) is 23.1. The molecule has 2 aromatic rings. The van der Waals surface area contributed by atoms with Crippen molar-refractivity contribution in [1.82, 2.24) is 0 Å². The summed E-state index contributed by atoms with van der Waals surface area (Å²) in [6, 6.07) is 4.58. The third kappa shape index (κ3) is 3.60. The van der Waals surface area contributed by atoms with Gasteiger partial charge in [0.25, 0.3) is 0 Å². The molecule has 4 nitrogen and oxygen atoms in total. The third-order valence-corrected chi connectivity index (χ3v) is 2.56. The first-order valence-corrected chi connectivity index (χ1v) is 5.89. The second-order valence-electron chi connectivity index (χ2n) is 4.16. The quantitative estimate of drug-likeness (QED) is 0.662. The monoisotopic (exact) mass is 312 g/mol. The summed E-state index contributed by atoms with van der Waals surface area (Å²) in [5, 5.41) is 3.72. The molecule has 22 heavy (non-hydrogen) atoms. The molecular formula is C14H8F4N2O2. The molecule has 0 bridgehead atoms. The molecule has 0 aliphatic rings. The van der Waals surface area contributed by atoms with E-state index in [1.807, 2.05) is 10.6 Å². The van der Waals surface area contributed by atoms with Gasteiger partial charge in [-0.25, -0.2) is 17.6 Å². The molecule has 0 atom stereocenters. The fourth-order valence-electron chi connectivity index (χ4n) is 1.54. The molecule has 2 amide bonds. The summed E-state index contributed by atoms with van der Waals surface area (Å²) >= 11 is 0. The zero-order valence-electron chi connectivity index (χ0n) is 10.8. The summed E-state index contributed by atoms with van der Waals surface area (Å²) in [6.07, 6.45) is 0. The Balaban J connectivity index is 2.09. The Morgan fingerprint density at radius 2 is 1.23 bits per heavy atom. The van der Waals surface area contributed by atoms with Gasteiger partial charge in [-0.1, -0.05) is 0 Å². The Morgan fingerprint density at radius 3 is 1.86 bits per heavy atom. The van der Waals surface area contributed by atoms with Gasteiger partial charge in [0.05, 0.1) is 11.4 Å². The van der Waals surface area contributed by atoms with E-state index in [0.717, 1.165) is 24.3 Å². The zero-order valence-corrected chi connectivity index (χ0v) is 10.8. The Labute approximate surface area is 121 Å². The first kappa shape index (κ1) is 15.5. The number of carbonyl (C=O) groups is 2. The first-order valence-electron chi connectivity index (χ1n) is 5.89. The van der Waals surface area contributed by atoms with Crippen molar-refractivity contribution in [3.8, 4) is 0 Å². The second-order valence-corrected chi connectivity index (χ2v) is 4.16. The number of amides is 2. The Hall–Kier alpha value is -2.90. The molecule has 2 rings (SSSR count). The molecular weight excluding hydrogens is 304 g/mol. The van der Waals surface area contributed by atoms with Crippen LogP contribution in [0.1, 0.15) is 0 Å². The van der Waals surface area contributed by atoms with Crippen LogP contribution in [-0.4, -0.2) is 11.8 Å². The van der Waals surface area contributed by atoms with Crippen molar-refractivity contribution >= 4 is 23.2 Å². The van der Waals surface area contributed by atoms with E-state index < -0.39 is 46.5 Å². The molecule has 2 N–H and O–H groups in total. The highest BCUT2D eigenvalue weighted by Gasteiger charge is 2.18. The molecule has 0 saturated carbocycles. The lowest BCUT2D eigenvalue weighted by molar-refractivity contribution is -0.133. The van der Waals surface area contributed by atoms with Gasteiger partial charge in [-0.05, 0) is 24.3 Å². The second kappa shape index (κ2) is 6.25. The van der Waals surface area contributed by atoms with Gasteiger partial charge < -0.3 is 10.6 Å². The van der Waals surface area contributed by atoms with E-state index in [1.165, 1.54) is 0 Å². The molecule has 0 aliphatic carbocycles. The molecule has 8 heteroatoms. The van der Waals surface area contributed by atoms with E-state index in [2.05, 4.69) is 0 Å². The fraction of sp³-hybridized carbons (Fsp3) is 0. The van der Waals surface area contributed by atoms with Gasteiger partial charge >= 0.3 is 11.8 Å². The molecule has 0 saturated heterocycles. The number of nitrogens with one attached hydrogen (secondary N) is 2. The van der Waals surface area contributed by atoms with Crippen LogP contribution in [0, 0.1) is 23.3 Å². The minimum atomic E-state index is -1.34. The van der Waals surface area contributed by atoms with E-state index >= 15 is 0 Å². The summed E-state index contributed by atoms with van der Waals surface area (Å²) < 4.78 is 52.3. The minimum absolute atomic E-state index is 0.429. The first-order chi connectivity index (χ1) is 10.4. The summed E-state index contributed by atoms with van der Waals surface area (Å²) in [7, 11) is 0. The maximum atomic E-state index is 13.3. The number of anilines is 2. The van der Waals surface area contributed by atoms with E-state index in [-0.39, 0.29) is 0 Å². The number of benzene rings is 2. The molecule has 0 aromatic heterocycles. The Morgan fingerprint density at radius 1 is 0.682 bits per heavy atom. The molecule has 0 unspecified atom stereocenters. The summed E-state index contributed by atoms with van der Waals surface area (Å²) in [5.74, 6) is -6.38. The molecule has 0 aliphatic heterocycles. The highest BCUT2D eigenvalue weighted by atomic mass is 19.1. The highest BCUT2D eigenvalue weighted by Crippen LogP contribution is 2.17. The number of rotatable bonds is 2. The van der Waals surface area contributed by atoms with Crippen molar-refractivity contribution in [2.45, 2.75) is 0 Å². The van der Waals surface area contributed by atoms with Crippen LogP contribution in [0.2, 0.25) is 0 Å². The van der Waals surface area contributed by atoms with Crippen LogP contribution in [-0.2, 0) is 9.59 Å². The van der Waals surface area contributed by atoms with Crippen LogP contribution in [0.15, 0.2) is 36.4 Å². The number of hydrogen-bond donors (Lipinski definition) is 2. The maximum Gasteiger partial charge on any atom is 0.314 e. The van der Waals surface area contributed by atoms with Crippen molar-refractivity contribution in [1.29, 1.82) is 0 Å². The number of carbonyl (C=O) groups excluding carboxylic acids is 2. The highest BCUT2D eigenvalue weighted by molar-refractivity contribution is 6.43. The van der Waals surface area contributed by atoms with E-state index in [4.69, 9.17) is 0 Å². The average Bonchev–Trinajstić information content (AvgIpc) is 2.45. The normalized spacial score (nSPS) is 10.2. The van der Waals surface area contributed by atoms with Crippen LogP contribution in [0.5, 0.6) is 0 Å². The molecule has 0 heterocycles. The zero-order chi connectivity index (χ0) is 16.3. The van der Waals surface area contributed by atoms with Gasteiger partial charge in [0, 0.05) is 12.1 Å². The van der Waals surface area contributed by atoms with Crippen LogP contribution < -0.4 is 10.6 Å². The lowest BCUT2D eigenvalue weighted by atomic mass is 10.2. The van der Waals surface area contributed by atoms with Gasteiger partial charge in [-0.2, -0.15) is 0 Å². The lowest BCUT2D eigenvalue weighted by Crippen LogP contribution is -2.29. The minimum Gasteiger partial charge on any atom is -0.315 e. The van der Waals surface area contributed by atoms with Crippen molar-refractivity contribution in [3.05, 3.63) is 59.7 Å². The third-order valence-electron chi connectivity index (χ3n) is 2.56. The molecule has 0 fully saturated rings. The van der Waals surface area contributed by atoms with Crippen LogP contribution in [0.4, 0.5) is 28.9 Å². The van der Waals surface area contributed by atoms with Crippen LogP contribution in [0.3, 0.4) is 0 Å². The fourth-order valence-corrected chi connectivity index (χ4v) is 1.54. The van der Waals surface area contributed by atoms with E-state index in [1.54, 1.807) is 0 Å².